The van der Waals surface area contributed by atoms with Gasteiger partial charge in [-0.2, -0.15) is 0 Å². The van der Waals surface area contributed by atoms with Crippen LogP contribution >= 0.6 is 0 Å². The first-order valence-electron chi connectivity index (χ1n) is 10.1. The van der Waals surface area contributed by atoms with Gasteiger partial charge >= 0.3 is 0 Å². The van der Waals surface area contributed by atoms with Gasteiger partial charge in [0.05, 0.1) is 11.4 Å². The van der Waals surface area contributed by atoms with Crippen LogP contribution in [-0.4, -0.2) is 27.4 Å². The van der Waals surface area contributed by atoms with Crippen molar-refractivity contribution in [1.82, 2.24) is 14.3 Å². The first kappa shape index (κ1) is 18.1. The molecule has 4 nitrogen and oxygen atoms in total. The lowest BCUT2D eigenvalue weighted by Gasteiger charge is -2.31. The zero-order valence-electron chi connectivity index (χ0n) is 16.7. The van der Waals surface area contributed by atoms with Gasteiger partial charge in [-0.1, -0.05) is 43.0 Å². The molecule has 1 aromatic carbocycles. The average molecular weight is 363 g/mol. The van der Waals surface area contributed by atoms with Crippen molar-refractivity contribution in [3.63, 3.8) is 0 Å². The molecule has 1 saturated carbocycles. The van der Waals surface area contributed by atoms with Crippen molar-refractivity contribution in [2.75, 3.05) is 12.8 Å². The van der Waals surface area contributed by atoms with E-state index in [-0.39, 0.29) is 0 Å². The van der Waals surface area contributed by atoms with Crippen molar-refractivity contribution in [3.05, 3.63) is 53.3 Å². The normalized spacial score (nSPS) is 15.7. The maximum atomic E-state index is 6.10. The van der Waals surface area contributed by atoms with Crippen LogP contribution in [0.1, 0.15) is 48.9 Å². The molecule has 0 amide bonds. The molecule has 0 radical (unpaired) electrons. The molecule has 1 aliphatic carbocycles. The molecule has 0 aliphatic heterocycles. The highest BCUT2D eigenvalue weighted by Gasteiger charge is 2.22. The van der Waals surface area contributed by atoms with Gasteiger partial charge in [0.15, 0.2) is 0 Å². The Morgan fingerprint density at radius 3 is 2.63 bits per heavy atom. The maximum absolute atomic E-state index is 6.10. The number of anilines is 1. The maximum Gasteiger partial charge on any atom is 0.137 e. The second-order valence-corrected chi connectivity index (χ2v) is 8.12. The molecule has 142 valence electrons. The van der Waals surface area contributed by atoms with Gasteiger partial charge in [-0.25, -0.2) is 4.98 Å². The van der Waals surface area contributed by atoms with Crippen LogP contribution in [0.2, 0.25) is 0 Å². The molecule has 0 bridgehead atoms. The second kappa shape index (κ2) is 7.35. The van der Waals surface area contributed by atoms with Crippen LogP contribution in [0, 0.1) is 13.8 Å². The monoisotopic (exact) mass is 362 g/mol. The number of fused-ring (bicyclic) bond motifs is 1. The van der Waals surface area contributed by atoms with E-state index in [4.69, 9.17) is 10.7 Å². The number of nitrogen functional groups attached to an aromatic ring is 1. The van der Waals surface area contributed by atoms with Crippen molar-refractivity contribution < 1.29 is 0 Å². The summed E-state index contributed by atoms with van der Waals surface area (Å²) in [7, 11) is 2.26. The van der Waals surface area contributed by atoms with Crippen LogP contribution in [0.3, 0.4) is 0 Å². The third-order valence-corrected chi connectivity index (χ3v) is 5.97. The number of rotatable bonds is 4. The van der Waals surface area contributed by atoms with E-state index in [1.165, 1.54) is 54.5 Å². The fourth-order valence-corrected chi connectivity index (χ4v) is 4.44. The Hall–Kier alpha value is -2.33. The molecule has 2 heterocycles. The summed E-state index contributed by atoms with van der Waals surface area (Å²) in [6, 6.07) is 11.2. The number of pyridine rings is 1. The van der Waals surface area contributed by atoms with Crippen molar-refractivity contribution >= 4 is 11.3 Å². The standard InChI is InChI=1S/C23H30N4/c1-16-9-11-20(17(2)13-16)23-21(15-26(3)19-7-5-4-6-8-19)27-14-18(24)10-12-22(27)25-23/h9-14,19H,4-8,15,24H2,1-3H3. The smallest absolute Gasteiger partial charge is 0.137 e. The molecular formula is C23H30N4. The Kier molecular flexibility index (Phi) is 4.92. The van der Waals surface area contributed by atoms with Crippen LogP contribution in [0.15, 0.2) is 36.5 Å². The van der Waals surface area contributed by atoms with Gasteiger partial charge in [-0.05, 0) is 51.4 Å². The summed E-state index contributed by atoms with van der Waals surface area (Å²) in [6.45, 7) is 5.20. The highest BCUT2D eigenvalue weighted by molar-refractivity contribution is 5.70. The summed E-state index contributed by atoms with van der Waals surface area (Å²) < 4.78 is 2.18. The van der Waals surface area contributed by atoms with Crippen LogP contribution in [0.5, 0.6) is 0 Å². The summed E-state index contributed by atoms with van der Waals surface area (Å²) in [5.41, 5.74) is 13.9. The molecule has 2 N–H and O–H groups in total. The van der Waals surface area contributed by atoms with E-state index < -0.39 is 0 Å². The topological polar surface area (TPSA) is 46.6 Å². The Bertz CT molecular complexity index is 950. The Balaban J connectivity index is 1.79. The van der Waals surface area contributed by atoms with E-state index in [0.29, 0.717) is 6.04 Å². The molecule has 0 spiro atoms. The van der Waals surface area contributed by atoms with Crippen LogP contribution in [0.25, 0.3) is 16.9 Å². The van der Waals surface area contributed by atoms with Gasteiger partial charge in [0, 0.05) is 30.0 Å². The molecule has 0 atom stereocenters. The molecule has 4 heteroatoms. The van der Waals surface area contributed by atoms with Crippen molar-refractivity contribution in [1.29, 1.82) is 0 Å². The fourth-order valence-electron chi connectivity index (χ4n) is 4.44. The largest absolute Gasteiger partial charge is 0.398 e. The summed E-state index contributed by atoms with van der Waals surface area (Å²) in [6.07, 6.45) is 8.68. The van der Waals surface area contributed by atoms with E-state index in [0.717, 1.165) is 23.6 Å². The predicted molar refractivity (Wildman–Crippen MR) is 113 cm³/mol. The summed E-state index contributed by atoms with van der Waals surface area (Å²) in [4.78, 5) is 7.51. The summed E-state index contributed by atoms with van der Waals surface area (Å²) in [5, 5.41) is 0. The van der Waals surface area contributed by atoms with Crippen molar-refractivity contribution in [2.24, 2.45) is 0 Å². The summed E-state index contributed by atoms with van der Waals surface area (Å²) in [5.74, 6) is 0. The van der Waals surface area contributed by atoms with Gasteiger partial charge in [-0.15, -0.1) is 0 Å². The highest BCUT2D eigenvalue weighted by Crippen LogP contribution is 2.31. The van der Waals surface area contributed by atoms with Gasteiger partial charge in [0.1, 0.15) is 5.65 Å². The zero-order chi connectivity index (χ0) is 19.0. The number of hydrogen-bond acceptors (Lipinski definition) is 3. The number of nitrogens with zero attached hydrogens (tertiary/aromatic N) is 3. The van der Waals surface area contributed by atoms with Gasteiger partial charge < -0.3 is 10.1 Å². The minimum atomic E-state index is 0.664. The number of nitrogens with two attached hydrogens (primary N) is 1. The number of aromatic nitrogens is 2. The van der Waals surface area contributed by atoms with Gasteiger partial charge in [-0.3, -0.25) is 4.90 Å². The average Bonchev–Trinajstić information content (AvgIpc) is 3.00. The molecule has 1 fully saturated rings. The molecule has 1 aliphatic rings. The van der Waals surface area contributed by atoms with E-state index in [2.05, 4.69) is 48.4 Å². The van der Waals surface area contributed by atoms with E-state index >= 15 is 0 Å². The number of benzene rings is 1. The minimum absolute atomic E-state index is 0.664. The zero-order valence-corrected chi connectivity index (χ0v) is 16.7. The Labute approximate surface area is 162 Å². The van der Waals surface area contributed by atoms with Gasteiger partial charge in [0.25, 0.3) is 0 Å². The molecule has 0 saturated heterocycles. The van der Waals surface area contributed by atoms with Crippen LogP contribution in [-0.2, 0) is 6.54 Å². The quantitative estimate of drug-likeness (QED) is 0.713. The third-order valence-electron chi connectivity index (χ3n) is 5.97. The van der Waals surface area contributed by atoms with E-state index in [1.54, 1.807) is 0 Å². The lowest BCUT2D eigenvalue weighted by atomic mass is 9.94. The Morgan fingerprint density at radius 2 is 1.89 bits per heavy atom. The molecular weight excluding hydrogens is 332 g/mol. The first-order chi connectivity index (χ1) is 13.0. The lowest BCUT2D eigenvalue weighted by molar-refractivity contribution is 0.182. The van der Waals surface area contributed by atoms with Crippen molar-refractivity contribution in [3.8, 4) is 11.3 Å². The number of hydrogen-bond donors (Lipinski definition) is 1. The molecule has 4 rings (SSSR count). The molecule has 27 heavy (non-hydrogen) atoms. The van der Waals surface area contributed by atoms with Crippen LogP contribution < -0.4 is 5.73 Å². The van der Waals surface area contributed by atoms with Crippen LogP contribution in [0.4, 0.5) is 5.69 Å². The number of aryl methyl sites for hydroxylation is 2. The third kappa shape index (κ3) is 3.59. The fraction of sp³-hybridized carbons (Fsp3) is 0.435. The highest BCUT2D eigenvalue weighted by atomic mass is 15.2. The predicted octanol–water partition coefficient (Wildman–Crippen LogP) is 4.96. The molecule has 3 aromatic rings. The Morgan fingerprint density at radius 1 is 1.11 bits per heavy atom. The molecule has 2 aromatic heterocycles. The van der Waals surface area contributed by atoms with Crippen molar-refractivity contribution in [2.45, 2.75) is 58.5 Å². The van der Waals surface area contributed by atoms with E-state index in [1.807, 2.05) is 18.3 Å². The second-order valence-electron chi connectivity index (χ2n) is 8.12. The number of imidazole rings is 1. The first-order valence-corrected chi connectivity index (χ1v) is 10.1. The van der Waals surface area contributed by atoms with E-state index in [9.17, 15) is 0 Å². The lowest BCUT2D eigenvalue weighted by Crippen LogP contribution is -2.33. The molecule has 0 unspecified atom stereocenters. The SMILES string of the molecule is Cc1ccc(-c2nc3ccc(N)cn3c2CN(C)C2CCCCC2)c(C)c1. The van der Waals surface area contributed by atoms with Gasteiger partial charge in [0.2, 0.25) is 0 Å². The summed E-state index contributed by atoms with van der Waals surface area (Å²) >= 11 is 0. The minimum Gasteiger partial charge on any atom is -0.398 e.